The average molecular weight is 204 g/mol. The third-order valence-electron chi connectivity index (χ3n) is 3.38. The lowest BCUT2D eigenvalue weighted by Gasteiger charge is -2.26. The summed E-state index contributed by atoms with van der Waals surface area (Å²) in [5.41, 5.74) is 2.26. The van der Waals surface area contributed by atoms with Crippen LogP contribution in [0.3, 0.4) is 0 Å². The SMILES string of the molecule is CC(C(=O)O)c1ccc(C2CCC2)cc1. The first-order valence-electron chi connectivity index (χ1n) is 5.51. The second-order valence-electron chi connectivity index (χ2n) is 4.35. The number of hydrogen-bond donors (Lipinski definition) is 1. The van der Waals surface area contributed by atoms with Crippen molar-refractivity contribution in [3.05, 3.63) is 35.4 Å². The van der Waals surface area contributed by atoms with Crippen LogP contribution in [0.25, 0.3) is 0 Å². The van der Waals surface area contributed by atoms with E-state index < -0.39 is 11.9 Å². The maximum atomic E-state index is 10.8. The molecule has 0 spiro atoms. The Balaban J connectivity index is 2.12. The molecular formula is C13H16O2. The minimum atomic E-state index is -0.758. The Labute approximate surface area is 89.9 Å². The predicted molar refractivity (Wildman–Crippen MR) is 59.1 cm³/mol. The lowest BCUT2D eigenvalue weighted by Crippen LogP contribution is -2.10. The van der Waals surface area contributed by atoms with Crippen molar-refractivity contribution in [3.63, 3.8) is 0 Å². The Bertz CT molecular complexity index is 349. The van der Waals surface area contributed by atoms with Gasteiger partial charge in [0.25, 0.3) is 0 Å². The monoisotopic (exact) mass is 204 g/mol. The van der Waals surface area contributed by atoms with Gasteiger partial charge in [-0.25, -0.2) is 0 Å². The van der Waals surface area contributed by atoms with E-state index in [2.05, 4.69) is 12.1 Å². The van der Waals surface area contributed by atoms with Gasteiger partial charge in [-0.2, -0.15) is 0 Å². The van der Waals surface area contributed by atoms with Crippen molar-refractivity contribution in [1.82, 2.24) is 0 Å². The van der Waals surface area contributed by atoms with Crippen molar-refractivity contribution in [2.75, 3.05) is 0 Å². The van der Waals surface area contributed by atoms with Crippen LogP contribution in [0.5, 0.6) is 0 Å². The van der Waals surface area contributed by atoms with Gasteiger partial charge in [0, 0.05) is 0 Å². The molecule has 1 aromatic rings. The molecule has 0 aliphatic heterocycles. The Morgan fingerprint density at radius 3 is 2.33 bits per heavy atom. The lowest BCUT2D eigenvalue weighted by molar-refractivity contribution is -0.138. The maximum absolute atomic E-state index is 10.8. The molecule has 2 nitrogen and oxygen atoms in total. The number of carboxylic acid groups (broad SMARTS) is 1. The number of benzene rings is 1. The Morgan fingerprint density at radius 1 is 1.33 bits per heavy atom. The molecule has 1 unspecified atom stereocenters. The minimum Gasteiger partial charge on any atom is -0.481 e. The highest BCUT2D eigenvalue weighted by Gasteiger charge is 2.20. The summed E-state index contributed by atoms with van der Waals surface area (Å²) in [5.74, 6) is -0.439. The van der Waals surface area contributed by atoms with E-state index >= 15 is 0 Å². The fourth-order valence-corrected chi connectivity index (χ4v) is 1.94. The predicted octanol–water partition coefficient (Wildman–Crippen LogP) is 3.14. The molecule has 1 N–H and O–H groups in total. The summed E-state index contributed by atoms with van der Waals surface area (Å²) in [5, 5.41) is 8.87. The Morgan fingerprint density at radius 2 is 1.93 bits per heavy atom. The molecule has 1 aliphatic rings. The molecular weight excluding hydrogens is 188 g/mol. The first kappa shape index (κ1) is 10.2. The molecule has 80 valence electrons. The Kier molecular flexibility index (Phi) is 2.76. The van der Waals surface area contributed by atoms with Crippen molar-refractivity contribution in [3.8, 4) is 0 Å². The minimum absolute atomic E-state index is 0.402. The first-order valence-corrected chi connectivity index (χ1v) is 5.51. The molecule has 0 amide bonds. The van der Waals surface area contributed by atoms with Gasteiger partial charge in [0.1, 0.15) is 0 Å². The van der Waals surface area contributed by atoms with Crippen molar-refractivity contribution >= 4 is 5.97 Å². The van der Waals surface area contributed by atoms with E-state index in [9.17, 15) is 4.79 Å². The molecule has 0 heterocycles. The van der Waals surface area contributed by atoms with E-state index in [0.717, 1.165) is 11.5 Å². The zero-order valence-corrected chi connectivity index (χ0v) is 8.94. The van der Waals surface area contributed by atoms with Crippen molar-refractivity contribution in [1.29, 1.82) is 0 Å². The fourth-order valence-electron chi connectivity index (χ4n) is 1.94. The fraction of sp³-hybridized carbons (Fsp3) is 0.462. The highest BCUT2D eigenvalue weighted by molar-refractivity contribution is 5.75. The third-order valence-corrected chi connectivity index (χ3v) is 3.38. The summed E-state index contributed by atoms with van der Waals surface area (Å²) >= 11 is 0. The van der Waals surface area contributed by atoms with Crippen molar-refractivity contribution in [2.45, 2.75) is 38.0 Å². The van der Waals surface area contributed by atoms with Crippen LogP contribution in [0.1, 0.15) is 49.1 Å². The van der Waals surface area contributed by atoms with E-state index in [1.165, 1.54) is 24.8 Å². The van der Waals surface area contributed by atoms with Gasteiger partial charge in [0.15, 0.2) is 0 Å². The summed E-state index contributed by atoms with van der Waals surface area (Å²) in [7, 11) is 0. The number of rotatable bonds is 3. The second kappa shape index (κ2) is 4.05. The number of aliphatic carboxylic acids is 1. The molecule has 1 fully saturated rings. The highest BCUT2D eigenvalue weighted by atomic mass is 16.4. The first-order chi connectivity index (χ1) is 7.18. The summed E-state index contributed by atoms with van der Waals surface area (Å²) in [6.07, 6.45) is 3.90. The van der Waals surface area contributed by atoms with Gasteiger partial charge in [-0.3, -0.25) is 4.79 Å². The van der Waals surface area contributed by atoms with E-state index in [0.29, 0.717) is 0 Å². The lowest BCUT2D eigenvalue weighted by atomic mass is 9.79. The molecule has 2 rings (SSSR count). The van der Waals surface area contributed by atoms with Gasteiger partial charge in [0.05, 0.1) is 5.92 Å². The molecule has 0 saturated heterocycles. The smallest absolute Gasteiger partial charge is 0.310 e. The van der Waals surface area contributed by atoms with E-state index in [4.69, 9.17) is 5.11 Å². The van der Waals surface area contributed by atoms with E-state index in [1.807, 2.05) is 12.1 Å². The maximum Gasteiger partial charge on any atom is 0.310 e. The highest BCUT2D eigenvalue weighted by Crippen LogP contribution is 2.36. The van der Waals surface area contributed by atoms with Crippen LogP contribution in [0.2, 0.25) is 0 Å². The largest absolute Gasteiger partial charge is 0.481 e. The number of carboxylic acids is 1. The van der Waals surface area contributed by atoms with Crippen LogP contribution in [0, 0.1) is 0 Å². The molecule has 0 radical (unpaired) electrons. The normalized spacial score (nSPS) is 18.2. The molecule has 1 aromatic carbocycles. The second-order valence-corrected chi connectivity index (χ2v) is 4.35. The molecule has 2 heteroatoms. The quantitative estimate of drug-likeness (QED) is 0.821. The zero-order valence-electron chi connectivity index (χ0n) is 8.94. The van der Waals surface area contributed by atoms with Crippen molar-refractivity contribution in [2.24, 2.45) is 0 Å². The van der Waals surface area contributed by atoms with Crippen LogP contribution in [-0.4, -0.2) is 11.1 Å². The van der Waals surface area contributed by atoms with Gasteiger partial charge < -0.3 is 5.11 Å². The molecule has 1 saturated carbocycles. The van der Waals surface area contributed by atoms with Crippen LogP contribution in [-0.2, 0) is 4.79 Å². The summed E-state index contributed by atoms with van der Waals surface area (Å²) < 4.78 is 0. The Hall–Kier alpha value is -1.31. The molecule has 15 heavy (non-hydrogen) atoms. The molecule has 0 aromatic heterocycles. The van der Waals surface area contributed by atoms with Crippen molar-refractivity contribution < 1.29 is 9.90 Å². The zero-order chi connectivity index (χ0) is 10.8. The van der Waals surface area contributed by atoms with Gasteiger partial charge in [-0.05, 0) is 36.8 Å². The van der Waals surface area contributed by atoms with Gasteiger partial charge in [-0.1, -0.05) is 30.7 Å². The summed E-state index contributed by atoms with van der Waals surface area (Å²) in [6, 6.07) is 8.07. The van der Waals surface area contributed by atoms with Crippen LogP contribution in [0.4, 0.5) is 0 Å². The van der Waals surface area contributed by atoms with Gasteiger partial charge >= 0.3 is 5.97 Å². The average Bonchev–Trinajstić information content (AvgIpc) is 2.15. The van der Waals surface area contributed by atoms with Gasteiger partial charge in [-0.15, -0.1) is 0 Å². The third kappa shape index (κ3) is 2.04. The van der Waals surface area contributed by atoms with Crippen LogP contribution < -0.4 is 0 Å². The van der Waals surface area contributed by atoms with Gasteiger partial charge in [0.2, 0.25) is 0 Å². The van der Waals surface area contributed by atoms with E-state index in [-0.39, 0.29) is 0 Å². The number of carbonyl (C=O) groups is 1. The van der Waals surface area contributed by atoms with E-state index in [1.54, 1.807) is 6.92 Å². The number of hydrogen-bond acceptors (Lipinski definition) is 1. The van der Waals surface area contributed by atoms with Crippen LogP contribution >= 0.6 is 0 Å². The topological polar surface area (TPSA) is 37.3 Å². The molecule has 0 bridgehead atoms. The molecule has 1 atom stereocenters. The summed E-state index contributed by atoms with van der Waals surface area (Å²) in [6.45, 7) is 1.72. The standard InChI is InChI=1S/C13H16O2/c1-9(13(14)15)10-5-7-12(8-6-10)11-3-2-4-11/h5-9,11H,2-4H2,1H3,(H,14,15). The van der Waals surface area contributed by atoms with Crippen LogP contribution in [0.15, 0.2) is 24.3 Å². The summed E-state index contributed by atoms with van der Waals surface area (Å²) in [4.78, 5) is 10.8. The molecule has 1 aliphatic carbocycles.